The molecule has 7 nitrogen and oxygen atoms in total. The van der Waals surface area contributed by atoms with Gasteiger partial charge in [-0.25, -0.2) is 9.50 Å². The van der Waals surface area contributed by atoms with E-state index in [0.717, 1.165) is 37.2 Å². The Balaban J connectivity index is 1.70. The molecule has 0 spiro atoms. The molecule has 0 unspecified atom stereocenters. The highest BCUT2D eigenvalue weighted by Crippen LogP contribution is 2.31. The maximum Gasteiger partial charge on any atom is 0.294 e. The molecule has 24 heavy (non-hydrogen) atoms. The highest BCUT2D eigenvalue weighted by molar-refractivity contribution is 5.91. The third-order valence-corrected chi connectivity index (χ3v) is 4.71. The standard InChI is InChI=1S/C17H20N6O/c1-12-8-9-18-17-19-15(20-23(12)17)16(24)22-11-4-3-6-14(22)13-7-5-10-21(13)2/h5,7-10,14H,3-4,6,11H2,1-2H3/t14-/m1/s1. The van der Waals surface area contributed by atoms with Gasteiger partial charge in [-0.1, -0.05) is 0 Å². The van der Waals surface area contributed by atoms with Gasteiger partial charge in [0.05, 0.1) is 6.04 Å². The van der Waals surface area contributed by atoms with Gasteiger partial charge in [0.15, 0.2) is 0 Å². The predicted octanol–water partition coefficient (Wildman–Crippen LogP) is 2.14. The van der Waals surface area contributed by atoms with Crippen LogP contribution in [0.1, 0.15) is 47.3 Å². The van der Waals surface area contributed by atoms with E-state index in [4.69, 9.17) is 0 Å². The van der Waals surface area contributed by atoms with E-state index in [-0.39, 0.29) is 17.8 Å². The number of rotatable bonds is 2. The van der Waals surface area contributed by atoms with Crippen LogP contribution in [0.2, 0.25) is 0 Å². The highest BCUT2D eigenvalue weighted by Gasteiger charge is 2.32. The Hall–Kier alpha value is -2.70. The van der Waals surface area contributed by atoms with Gasteiger partial charge >= 0.3 is 0 Å². The van der Waals surface area contributed by atoms with Gasteiger partial charge in [-0.2, -0.15) is 4.98 Å². The number of hydrogen-bond donors (Lipinski definition) is 0. The van der Waals surface area contributed by atoms with Gasteiger partial charge in [0.1, 0.15) is 0 Å². The Morgan fingerprint density at radius 2 is 2.17 bits per heavy atom. The summed E-state index contributed by atoms with van der Waals surface area (Å²) >= 11 is 0. The molecule has 4 rings (SSSR count). The molecule has 4 heterocycles. The molecule has 3 aromatic heterocycles. The first kappa shape index (κ1) is 14.9. The summed E-state index contributed by atoms with van der Waals surface area (Å²) in [5, 5.41) is 4.37. The van der Waals surface area contributed by atoms with E-state index in [1.807, 2.05) is 37.2 Å². The molecule has 0 saturated carbocycles. The van der Waals surface area contributed by atoms with Gasteiger partial charge in [0.2, 0.25) is 5.82 Å². The number of amides is 1. The smallest absolute Gasteiger partial charge is 0.294 e. The molecule has 0 bridgehead atoms. The van der Waals surface area contributed by atoms with E-state index in [0.29, 0.717) is 5.78 Å². The average molecular weight is 324 g/mol. The van der Waals surface area contributed by atoms with E-state index in [9.17, 15) is 4.79 Å². The molecule has 1 aliphatic rings. The number of hydrogen-bond acceptors (Lipinski definition) is 4. The van der Waals surface area contributed by atoms with Crippen molar-refractivity contribution < 1.29 is 4.79 Å². The van der Waals surface area contributed by atoms with Crippen LogP contribution in [0.5, 0.6) is 0 Å². The molecule has 3 aromatic rings. The van der Waals surface area contributed by atoms with Gasteiger partial charge in [0.25, 0.3) is 11.7 Å². The zero-order valence-electron chi connectivity index (χ0n) is 13.9. The van der Waals surface area contributed by atoms with Crippen molar-refractivity contribution in [1.82, 2.24) is 29.0 Å². The molecule has 1 atom stereocenters. The van der Waals surface area contributed by atoms with Crippen LogP contribution in [0.15, 0.2) is 30.6 Å². The van der Waals surface area contributed by atoms with E-state index in [1.165, 1.54) is 0 Å². The Labute approximate surface area is 139 Å². The lowest BCUT2D eigenvalue weighted by atomic mass is 9.99. The lowest BCUT2D eigenvalue weighted by Gasteiger charge is -2.35. The number of nitrogens with zero attached hydrogens (tertiary/aromatic N) is 6. The molecule has 0 aliphatic carbocycles. The van der Waals surface area contributed by atoms with Crippen LogP contribution in [0, 0.1) is 6.92 Å². The zero-order valence-corrected chi connectivity index (χ0v) is 13.9. The first-order valence-corrected chi connectivity index (χ1v) is 8.26. The van der Waals surface area contributed by atoms with Crippen LogP contribution in [0.3, 0.4) is 0 Å². The minimum atomic E-state index is -0.120. The number of carbonyl (C=O) groups excluding carboxylic acids is 1. The fourth-order valence-electron chi connectivity index (χ4n) is 3.43. The number of piperidine rings is 1. The average Bonchev–Trinajstić information content (AvgIpc) is 3.21. The molecule has 1 aliphatic heterocycles. The van der Waals surface area contributed by atoms with Gasteiger partial charge in [-0.05, 0) is 44.4 Å². The third-order valence-electron chi connectivity index (χ3n) is 4.71. The van der Waals surface area contributed by atoms with Crippen molar-refractivity contribution in [2.24, 2.45) is 7.05 Å². The number of likely N-dealkylation sites (tertiary alicyclic amines) is 1. The Kier molecular flexibility index (Phi) is 3.55. The van der Waals surface area contributed by atoms with E-state index in [1.54, 1.807) is 10.7 Å². The van der Waals surface area contributed by atoms with Gasteiger partial charge in [-0.3, -0.25) is 4.79 Å². The Morgan fingerprint density at radius 3 is 2.92 bits per heavy atom. The molecular formula is C17H20N6O. The Morgan fingerprint density at radius 1 is 1.29 bits per heavy atom. The predicted molar refractivity (Wildman–Crippen MR) is 88.6 cm³/mol. The van der Waals surface area contributed by atoms with Crippen molar-refractivity contribution >= 4 is 11.7 Å². The summed E-state index contributed by atoms with van der Waals surface area (Å²) in [4.78, 5) is 23.5. The maximum atomic E-state index is 13.0. The monoisotopic (exact) mass is 324 g/mol. The summed E-state index contributed by atoms with van der Waals surface area (Å²) in [6, 6.07) is 6.03. The molecule has 7 heteroatoms. The summed E-state index contributed by atoms with van der Waals surface area (Å²) in [6.45, 7) is 2.65. The van der Waals surface area contributed by atoms with Gasteiger partial charge in [0, 0.05) is 37.4 Å². The summed E-state index contributed by atoms with van der Waals surface area (Å²) in [5.74, 6) is 0.564. The SMILES string of the molecule is Cc1ccnc2nc(C(=O)N3CCCC[C@@H]3c3cccn3C)nn12. The van der Waals surface area contributed by atoms with Crippen LogP contribution < -0.4 is 0 Å². The number of carbonyl (C=O) groups is 1. The second kappa shape index (κ2) is 5.74. The molecule has 0 radical (unpaired) electrons. The largest absolute Gasteiger partial charge is 0.353 e. The van der Waals surface area contributed by atoms with E-state index in [2.05, 4.69) is 25.7 Å². The van der Waals surface area contributed by atoms with Crippen molar-refractivity contribution in [1.29, 1.82) is 0 Å². The maximum absolute atomic E-state index is 13.0. The molecule has 1 saturated heterocycles. The topological polar surface area (TPSA) is 68.3 Å². The van der Waals surface area contributed by atoms with Crippen LogP contribution in [0.4, 0.5) is 0 Å². The van der Waals surface area contributed by atoms with Crippen LogP contribution >= 0.6 is 0 Å². The number of aryl methyl sites for hydroxylation is 2. The summed E-state index contributed by atoms with van der Waals surface area (Å²) < 4.78 is 3.70. The minimum absolute atomic E-state index is 0.0759. The van der Waals surface area contributed by atoms with Crippen LogP contribution in [-0.2, 0) is 7.05 Å². The minimum Gasteiger partial charge on any atom is -0.353 e. The van der Waals surface area contributed by atoms with Crippen LogP contribution in [0.25, 0.3) is 5.78 Å². The van der Waals surface area contributed by atoms with Crippen molar-refractivity contribution in [3.8, 4) is 0 Å². The number of fused-ring (bicyclic) bond motifs is 1. The molecule has 1 amide bonds. The second-order valence-electron chi connectivity index (χ2n) is 6.29. The lowest BCUT2D eigenvalue weighted by molar-refractivity contribution is 0.0590. The molecule has 1 fully saturated rings. The van der Waals surface area contributed by atoms with Crippen molar-refractivity contribution in [3.05, 3.63) is 47.8 Å². The van der Waals surface area contributed by atoms with Crippen molar-refractivity contribution in [2.45, 2.75) is 32.2 Å². The normalized spacial score (nSPS) is 18.2. The molecule has 124 valence electrons. The summed E-state index contributed by atoms with van der Waals surface area (Å²) in [5.41, 5.74) is 2.06. The van der Waals surface area contributed by atoms with E-state index >= 15 is 0 Å². The Bertz CT molecular complexity index is 896. The van der Waals surface area contributed by atoms with E-state index < -0.39 is 0 Å². The quantitative estimate of drug-likeness (QED) is 0.724. The number of aromatic nitrogens is 5. The third kappa shape index (κ3) is 2.36. The van der Waals surface area contributed by atoms with Crippen molar-refractivity contribution in [2.75, 3.05) is 6.54 Å². The molecule has 0 aromatic carbocycles. The summed E-state index contributed by atoms with van der Waals surface area (Å²) in [7, 11) is 2.02. The summed E-state index contributed by atoms with van der Waals surface area (Å²) in [6.07, 6.45) is 6.80. The van der Waals surface area contributed by atoms with Crippen LogP contribution in [-0.4, -0.2) is 41.5 Å². The molecular weight excluding hydrogens is 304 g/mol. The van der Waals surface area contributed by atoms with Gasteiger partial charge < -0.3 is 9.47 Å². The van der Waals surface area contributed by atoms with Gasteiger partial charge in [-0.15, -0.1) is 5.10 Å². The molecule has 0 N–H and O–H groups in total. The highest BCUT2D eigenvalue weighted by atomic mass is 16.2. The first-order chi connectivity index (χ1) is 11.6. The fraction of sp³-hybridized carbons (Fsp3) is 0.412. The zero-order chi connectivity index (χ0) is 16.7. The first-order valence-electron chi connectivity index (χ1n) is 8.26. The lowest BCUT2D eigenvalue weighted by Crippen LogP contribution is -2.39. The van der Waals surface area contributed by atoms with Crippen molar-refractivity contribution in [3.63, 3.8) is 0 Å². The second-order valence-corrected chi connectivity index (χ2v) is 6.29. The fourth-order valence-corrected chi connectivity index (χ4v) is 3.43.